The second-order valence-electron chi connectivity index (χ2n) is 1.88. The fourth-order valence-corrected chi connectivity index (χ4v) is 0.723. The standard InChI is InChI=1S/C6H4N5/c1-2-4-7-5(3-1)6-8-10-11-9-6/h1,3-4H,(H,8,9,10,11). The minimum Gasteiger partial charge on any atom is -0.252 e. The van der Waals surface area contributed by atoms with Crippen LogP contribution in [0, 0.1) is 6.07 Å². The summed E-state index contributed by atoms with van der Waals surface area (Å²) in [5.74, 6) is 0.499. The van der Waals surface area contributed by atoms with Crippen LogP contribution >= 0.6 is 0 Å². The summed E-state index contributed by atoms with van der Waals surface area (Å²) in [6.07, 6.45) is 1.56. The van der Waals surface area contributed by atoms with Gasteiger partial charge in [-0.25, -0.2) is 0 Å². The molecule has 1 radical (unpaired) electrons. The number of aromatic amines is 1. The van der Waals surface area contributed by atoms with E-state index in [1.165, 1.54) is 0 Å². The summed E-state index contributed by atoms with van der Waals surface area (Å²) in [5, 5.41) is 13.3. The number of hydrogen-bond acceptors (Lipinski definition) is 4. The van der Waals surface area contributed by atoms with E-state index < -0.39 is 0 Å². The summed E-state index contributed by atoms with van der Waals surface area (Å²) < 4.78 is 0. The maximum absolute atomic E-state index is 3.98. The Hall–Kier alpha value is -1.78. The molecule has 0 bridgehead atoms. The van der Waals surface area contributed by atoms with Crippen LogP contribution in [0.2, 0.25) is 0 Å². The van der Waals surface area contributed by atoms with Crippen LogP contribution in [0.4, 0.5) is 0 Å². The average molecular weight is 146 g/mol. The van der Waals surface area contributed by atoms with Gasteiger partial charge in [0.25, 0.3) is 0 Å². The summed E-state index contributed by atoms with van der Waals surface area (Å²) >= 11 is 0. The summed E-state index contributed by atoms with van der Waals surface area (Å²) in [4.78, 5) is 3.98. The molecule has 0 atom stereocenters. The summed E-state index contributed by atoms with van der Waals surface area (Å²) in [5.41, 5.74) is 0.692. The van der Waals surface area contributed by atoms with Crippen LogP contribution in [0.3, 0.4) is 0 Å². The molecule has 0 aliphatic heterocycles. The lowest BCUT2D eigenvalue weighted by atomic mass is 10.3. The minimum absolute atomic E-state index is 0.499. The van der Waals surface area contributed by atoms with Crippen molar-refractivity contribution in [3.05, 3.63) is 24.4 Å². The van der Waals surface area contributed by atoms with E-state index >= 15 is 0 Å². The third-order valence-corrected chi connectivity index (χ3v) is 1.19. The molecule has 0 fully saturated rings. The number of tetrazole rings is 1. The van der Waals surface area contributed by atoms with Gasteiger partial charge in [0.15, 0.2) is 0 Å². The first-order chi connectivity index (χ1) is 5.47. The second kappa shape index (κ2) is 2.45. The molecule has 0 aliphatic carbocycles. The zero-order valence-electron chi connectivity index (χ0n) is 5.52. The third-order valence-electron chi connectivity index (χ3n) is 1.19. The summed E-state index contributed by atoms with van der Waals surface area (Å²) in [7, 11) is 0. The smallest absolute Gasteiger partial charge is 0.222 e. The molecule has 0 saturated carbocycles. The van der Waals surface area contributed by atoms with Gasteiger partial charge in [0, 0.05) is 12.3 Å². The van der Waals surface area contributed by atoms with E-state index in [0.29, 0.717) is 11.5 Å². The molecular formula is C6H4N5. The highest BCUT2D eigenvalue weighted by atomic mass is 15.5. The molecular weight excluding hydrogens is 142 g/mol. The molecule has 5 heteroatoms. The maximum atomic E-state index is 3.98. The van der Waals surface area contributed by atoms with Crippen molar-refractivity contribution in [2.45, 2.75) is 0 Å². The van der Waals surface area contributed by atoms with Crippen LogP contribution in [-0.4, -0.2) is 25.6 Å². The second-order valence-corrected chi connectivity index (χ2v) is 1.88. The van der Waals surface area contributed by atoms with Crippen molar-refractivity contribution in [3.63, 3.8) is 0 Å². The average Bonchev–Trinajstić information content (AvgIpc) is 2.58. The summed E-state index contributed by atoms with van der Waals surface area (Å²) in [6.45, 7) is 0. The van der Waals surface area contributed by atoms with Gasteiger partial charge >= 0.3 is 0 Å². The third kappa shape index (κ3) is 1.07. The lowest BCUT2D eigenvalue weighted by Crippen LogP contribution is -1.83. The van der Waals surface area contributed by atoms with Crippen molar-refractivity contribution < 1.29 is 0 Å². The van der Waals surface area contributed by atoms with E-state index in [1.54, 1.807) is 18.3 Å². The largest absolute Gasteiger partial charge is 0.252 e. The molecule has 0 amide bonds. The van der Waals surface area contributed by atoms with Crippen LogP contribution in [0.5, 0.6) is 0 Å². The predicted octanol–water partition coefficient (Wildman–Crippen LogP) is 0.0619. The molecule has 0 aliphatic rings. The van der Waals surface area contributed by atoms with Gasteiger partial charge < -0.3 is 0 Å². The molecule has 0 spiro atoms. The Kier molecular flexibility index (Phi) is 1.33. The Morgan fingerprint density at radius 2 is 2.45 bits per heavy atom. The number of nitrogens with one attached hydrogen (secondary N) is 1. The van der Waals surface area contributed by atoms with Crippen LogP contribution in [0.15, 0.2) is 18.3 Å². The van der Waals surface area contributed by atoms with Gasteiger partial charge in [-0.1, -0.05) is 6.07 Å². The minimum atomic E-state index is 0.499. The van der Waals surface area contributed by atoms with Crippen molar-refractivity contribution in [2.24, 2.45) is 0 Å². The Morgan fingerprint density at radius 1 is 1.45 bits per heavy atom. The van der Waals surface area contributed by atoms with E-state index in [4.69, 9.17) is 0 Å². The van der Waals surface area contributed by atoms with Gasteiger partial charge in [0.2, 0.25) is 5.82 Å². The molecule has 11 heavy (non-hydrogen) atoms. The van der Waals surface area contributed by atoms with Gasteiger partial charge in [-0.05, 0) is 11.3 Å². The van der Waals surface area contributed by atoms with Crippen molar-refractivity contribution in [3.8, 4) is 11.5 Å². The monoisotopic (exact) mass is 146 g/mol. The highest BCUT2D eigenvalue weighted by Crippen LogP contribution is 2.05. The SMILES string of the molecule is [c]1ccc(-c2nn[nH]n2)nc1. The van der Waals surface area contributed by atoms with Crippen molar-refractivity contribution in [2.75, 3.05) is 0 Å². The molecule has 0 unspecified atom stereocenters. The Bertz CT molecular complexity index is 314. The molecule has 2 aromatic rings. The number of aromatic nitrogens is 5. The number of rotatable bonds is 1. The highest BCUT2D eigenvalue weighted by molar-refractivity contribution is 5.45. The first-order valence-electron chi connectivity index (χ1n) is 3.03. The van der Waals surface area contributed by atoms with E-state index in [0.717, 1.165) is 0 Å². The van der Waals surface area contributed by atoms with Crippen molar-refractivity contribution in [1.29, 1.82) is 0 Å². The molecule has 2 rings (SSSR count). The normalized spacial score (nSPS) is 9.82. The molecule has 53 valence electrons. The number of pyridine rings is 1. The first-order valence-corrected chi connectivity index (χ1v) is 3.03. The first kappa shape index (κ1) is 5.96. The lowest BCUT2D eigenvalue weighted by Gasteiger charge is -1.87. The van der Waals surface area contributed by atoms with E-state index in [-0.39, 0.29) is 0 Å². The van der Waals surface area contributed by atoms with Gasteiger partial charge in [-0.15, -0.1) is 10.2 Å². The summed E-state index contributed by atoms with van der Waals surface area (Å²) in [6, 6.07) is 6.31. The van der Waals surface area contributed by atoms with Crippen LogP contribution in [0.1, 0.15) is 0 Å². The van der Waals surface area contributed by atoms with E-state index in [1.807, 2.05) is 0 Å². The zero-order valence-corrected chi connectivity index (χ0v) is 5.52. The van der Waals surface area contributed by atoms with Gasteiger partial charge in [-0.3, -0.25) is 4.98 Å². The Labute approximate surface area is 62.5 Å². The predicted molar refractivity (Wildman–Crippen MR) is 36.2 cm³/mol. The highest BCUT2D eigenvalue weighted by Gasteiger charge is 2.00. The van der Waals surface area contributed by atoms with Crippen LogP contribution in [0.25, 0.3) is 11.5 Å². The van der Waals surface area contributed by atoms with Crippen molar-refractivity contribution >= 4 is 0 Å². The topological polar surface area (TPSA) is 67.3 Å². The van der Waals surface area contributed by atoms with Gasteiger partial charge in [0.05, 0.1) is 0 Å². The fourth-order valence-electron chi connectivity index (χ4n) is 0.723. The zero-order chi connectivity index (χ0) is 7.52. The number of nitrogens with zero attached hydrogens (tertiary/aromatic N) is 4. The van der Waals surface area contributed by atoms with Crippen molar-refractivity contribution in [1.82, 2.24) is 25.6 Å². The molecule has 2 aromatic heterocycles. The molecule has 0 aromatic carbocycles. The Balaban J connectivity index is 2.46. The molecule has 2 heterocycles. The lowest BCUT2D eigenvalue weighted by molar-refractivity contribution is 0.881. The van der Waals surface area contributed by atoms with Gasteiger partial charge in [0.1, 0.15) is 5.69 Å². The molecule has 1 N–H and O–H groups in total. The quantitative estimate of drug-likeness (QED) is 0.617. The van der Waals surface area contributed by atoms with E-state index in [9.17, 15) is 0 Å². The Morgan fingerprint density at radius 3 is 3.09 bits per heavy atom. The fraction of sp³-hybridized carbons (Fsp3) is 0. The van der Waals surface area contributed by atoms with E-state index in [2.05, 4.69) is 31.7 Å². The number of H-pyrrole nitrogens is 1. The molecule has 0 saturated heterocycles. The van der Waals surface area contributed by atoms with Crippen LogP contribution in [-0.2, 0) is 0 Å². The maximum Gasteiger partial charge on any atom is 0.222 e. The molecule has 5 nitrogen and oxygen atoms in total. The van der Waals surface area contributed by atoms with Gasteiger partial charge in [-0.2, -0.15) is 5.21 Å². The number of hydrogen-bond donors (Lipinski definition) is 1. The van der Waals surface area contributed by atoms with Crippen LogP contribution < -0.4 is 0 Å².